The van der Waals surface area contributed by atoms with Gasteiger partial charge in [0.1, 0.15) is 5.52 Å². The largest absolute Gasteiger partial charge is 0.493 e. The second-order valence-corrected chi connectivity index (χ2v) is 7.87. The molecule has 0 spiro atoms. The van der Waals surface area contributed by atoms with Crippen LogP contribution in [-0.4, -0.2) is 49.1 Å². The van der Waals surface area contributed by atoms with Gasteiger partial charge in [-0.2, -0.15) is 0 Å². The Bertz CT molecular complexity index is 953. The van der Waals surface area contributed by atoms with E-state index in [1.807, 2.05) is 47.4 Å². The summed E-state index contributed by atoms with van der Waals surface area (Å²) in [4.78, 5) is 21.4. The number of benzene rings is 2. The van der Waals surface area contributed by atoms with Crippen LogP contribution >= 0.6 is 22.9 Å². The highest BCUT2D eigenvalue weighted by molar-refractivity contribution is 7.22. The quantitative estimate of drug-likeness (QED) is 0.666. The molecule has 1 saturated heterocycles. The molecule has 1 aliphatic rings. The molecule has 0 radical (unpaired) electrons. The number of piperazine rings is 1. The van der Waals surface area contributed by atoms with Crippen molar-refractivity contribution < 1.29 is 9.53 Å². The summed E-state index contributed by atoms with van der Waals surface area (Å²) in [7, 11) is 1.61. The molecule has 27 heavy (non-hydrogen) atoms. The first-order valence-corrected chi connectivity index (χ1v) is 10.0. The summed E-state index contributed by atoms with van der Waals surface area (Å²) in [6.45, 7) is 2.96. The fraction of sp³-hybridized carbons (Fsp3) is 0.300. The minimum absolute atomic E-state index is 0.179. The molecule has 1 fully saturated rings. The van der Waals surface area contributed by atoms with Gasteiger partial charge in [-0.1, -0.05) is 53.3 Å². The number of anilines is 1. The molecule has 4 rings (SSSR count). The summed E-state index contributed by atoms with van der Waals surface area (Å²) in [5, 5.41) is 1.51. The molecule has 140 valence electrons. The van der Waals surface area contributed by atoms with Gasteiger partial charge in [0.2, 0.25) is 5.91 Å². The lowest BCUT2D eigenvalue weighted by molar-refractivity contribution is -0.130. The summed E-state index contributed by atoms with van der Waals surface area (Å²) in [5.74, 6) is 0.798. The van der Waals surface area contributed by atoms with Gasteiger partial charge in [0.15, 0.2) is 10.9 Å². The maximum atomic E-state index is 12.5. The molecule has 0 atom stereocenters. The molecule has 5 nitrogen and oxygen atoms in total. The number of nitrogens with zero attached hydrogens (tertiary/aromatic N) is 3. The number of hydrogen-bond donors (Lipinski definition) is 0. The van der Waals surface area contributed by atoms with Crippen molar-refractivity contribution in [3.05, 3.63) is 53.1 Å². The molecule has 0 bridgehead atoms. The Kier molecular flexibility index (Phi) is 5.18. The minimum atomic E-state index is 0.179. The van der Waals surface area contributed by atoms with Crippen LogP contribution < -0.4 is 9.64 Å². The Hall–Kier alpha value is -2.31. The zero-order chi connectivity index (χ0) is 18.8. The van der Waals surface area contributed by atoms with Crippen LogP contribution in [0.5, 0.6) is 5.75 Å². The maximum Gasteiger partial charge on any atom is 0.227 e. The van der Waals surface area contributed by atoms with Crippen molar-refractivity contribution >= 4 is 44.2 Å². The van der Waals surface area contributed by atoms with Crippen molar-refractivity contribution in [2.75, 3.05) is 38.2 Å². The number of rotatable bonds is 4. The Morgan fingerprint density at radius 3 is 2.59 bits per heavy atom. The summed E-state index contributed by atoms with van der Waals surface area (Å²) < 4.78 is 6.45. The first kappa shape index (κ1) is 18.1. The van der Waals surface area contributed by atoms with E-state index in [0.717, 1.165) is 34.0 Å². The van der Waals surface area contributed by atoms with Crippen LogP contribution in [0, 0.1) is 0 Å². The number of fused-ring (bicyclic) bond motifs is 1. The van der Waals surface area contributed by atoms with Crippen molar-refractivity contribution in [3.63, 3.8) is 0 Å². The highest BCUT2D eigenvalue weighted by Gasteiger charge is 2.24. The van der Waals surface area contributed by atoms with Crippen molar-refractivity contribution in [2.45, 2.75) is 6.42 Å². The SMILES string of the molecule is COc1c(Cl)ccc2sc(N3CCN(C(=O)Cc4ccccc4)CC3)nc12. The molecule has 0 saturated carbocycles. The Balaban J connectivity index is 1.43. The van der Waals surface area contributed by atoms with Gasteiger partial charge >= 0.3 is 0 Å². The third-order valence-corrected chi connectivity index (χ3v) is 6.14. The number of ether oxygens (including phenoxy) is 1. The van der Waals surface area contributed by atoms with Crippen LogP contribution in [0.2, 0.25) is 5.02 Å². The van der Waals surface area contributed by atoms with E-state index in [1.165, 1.54) is 0 Å². The smallest absolute Gasteiger partial charge is 0.227 e. The molecular formula is C20H20ClN3O2S. The highest BCUT2D eigenvalue weighted by Crippen LogP contribution is 2.38. The zero-order valence-electron chi connectivity index (χ0n) is 15.0. The van der Waals surface area contributed by atoms with E-state index in [2.05, 4.69) is 4.90 Å². The Morgan fingerprint density at radius 1 is 1.15 bits per heavy atom. The van der Waals surface area contributed by atoms with Crippen LogP contribution in [-0.2, 0) is 11.2 Å². The van der Waals surface area contributed by atoms with Gasteiger partial charge in [0, 0.05) is 26.2 Å². The second kappa shape index (κ2) is 7.74. The molecule has 0 aliphatic carbocycles. The maximum absolute atomic E-state index is 12.5. The highest BCUT2D eigenvalue weighted by atomic mass is 35.5. The first-order chi connectivity index (χ1) is 13.2. The van der Waals surface area contributed by atoms with E-state index in [-0.39, 0.29) is 5.91 Å². The fourth-order valence-electron chi connectivity index (χ4n) is 3.29. The number of halogens is 1. The summed E-state index contributed by atoms with van der Waals surface area (Å²) >= 11 is 7.83. The third kappa shape index (κ3) is 3.73. The lowest BCUT2D eigenvalue weighted by atomic mass is 10.1. The van der Waals surface area contributed by atoms with E-state index in [0.29, 0.717) is 30.3 Å². The van der Waals surface area contributed by atoms with Crippen molar-refractivity contribution in [1.82, 2.24) is 9.88 Å². The van der Waals surface area contributed by atoms with Gasteiger partial charge in [-0.05, 0) is 17.7 Å². The van der Waals surface area contributed by atoms with Gasteiger partial charge in [0.25, 0.3) is 0 Å². The molecule has 1 aromatic heterocycles. The van der Waals surface area contributed by atoms with Gasteiger partial charge in [-0.25, -0.2) is 4.98 Å². The average Bonchev–Trinajstić information content (AvgIpc) is 3.13. The van der Waals surface area contributed by atoms with E-state index in [9.17, 15) is 4.79 Å². The van der Waals surface area contributed by atoms with E-state index in [1.54, 1.807) is 18.4 Å². The minimum Gasteiger partial charge on any atom is -0.493 e. The monoisotopic (exact) mass is 401 g/mol. The first-order valence-electron chi connectivity index (χ1n) is 8.85. The molecule has 0 N–H and O–H groups in total. The number of amides is 1. The molecule has 3 aromatic rings. The van der Waals surface area contributed by atoms with Crippen molar-refractivity contribution in [2.24, 2.45) is 0 Å². The second-order valence-electron chi connectivity index (χ2n) is 6.45. The summed E-state index contributed by atoms with van der Waals surface area (Å²) in [6, 6.07) is 13.7. The average molecular weight is 402 g/mol. The molecule has 0 unspecified atom stereocenters. The van der Waals surface area contributed by atoms with Crippen molar-refractivity contribution in [1.29, 1.82) is 0 Å². The lowest BCUT2D eigenvalue weighted by Crippen LogP contribution is -2.49. The van der Waals surface area contributed by atoms with E-state index < -0.39 is 0 Å². The number of thiazole rings is 1. The number of aromatic nitrogens is 1. The fourth-order valence-corrected chi connectivity index (χ4v) is 4.54. The molecule has 7 heteroatoms. The van der Waals surface area contributed by atoms with Gasteiger partial charge in [-0.15, -0.1) is 0 Å². The van der Waals surface area contributed by atoms with Crippen LogP contribution in [0.3, 0.4) is 0 Å². The molecule has 1 amide bonds. The number of carbonyl (C=O) groups excluding carboxylic acids is 1. The molecule has 1 aliphatic heterocycles. The number of hydrogen-bond acceptors (Lipinski definition) is 5. The van der Waals surface area contributed by atoms with Crippen LogP contribution in [0.4, 0.5) is 5.13 Å². The normalized spacial score (nSPS) is 14.6. The lowest BCUT2D eigenvalue weighted by Gasteiger charge is -2.34. The third-order valence-electron chi connectivity index (χ3n) is 4.76. The molecular weight excluding hydrogens is 382 g/mol. The Morgan fingerprint density at radius 2 is 1.89 bits per heavy atom. The van der Waals surface area contributed by atoms with Gasteiger partial charge in [0.05, 0.1) is 23.3 Å². The standard InChI is InChI=1S/C20H20ClN3O2S/c1-26-19-15(21)7-8-16-18(19)22-20(27-16)24-11-9-23(10-12-24)17(25)13-14-5-3-2-4-6-14/h2-8H,9-13H2,1H3. The summed E-state index contributed by atoms with van der Waals surface area (Å²) in [5.41, 5.74) is 1.85. The topological polar surface area (TPSA) is 45.7 Å². The van der Waals surface area contributed by atoms with Crippen LogP contribution in [0.1, 0.15) is 5.56 Å². The Labute approximate surface area is 167 Å². The summed E-state index contributed by atoms with van der Waals surface area (Å²) in [6.07, 6.45) is 0.456. The number of methoxy groups -OCH3 is 1. The molecule has 2 heterocycles. The zero-order valence-corrected chi connectivity index (χ0v) is 16.6. The van der Waals surface area contributed by atoms with Gasteiger partial charge in [-0.3, -0.25) is 4.79 Å². The van der Waals surface area contributed by atoms with Crippen LogP contribution in [0.25, 0.3) is 10.2 Å². The molecule has 2 aromatic carbocycles. The van der Waals surface area contributed by atoms with Crippen LogP contribution in [0.15, 0.2) is 42.5 Å². The predicted molar refractivity (Wildman–Crippen MR) is 110 cm³/mol. The van der Waals surface area contributed by atoms with E-state index in [4.69, 9.17) is 21.3 Å². The predicted octanol–water partition coefficient (Wildman–Crippen LogP) is 3.85. The van der Waals surface area contributed by atoms with Crippen molar-refractivity contribution in [3.8, 4) is 5.75 Å². The van der Waals surface area contributed by atoms with E-state index >= 15 is 0 Å². The number of carbonyl (C=O) groups is 1. The van der Waals surface area contributed by atoms with Gasteiger partial charge < -0.3 is 14.5 Å².